The van der Waals surface area contributed by atoms with Crippen LogP contribution in [-0.4, -0.2) is 15.1 Å². The molecule has 0 aliphatic heterocycles. The lowest BCUT2D eigenvalue weighted by Crippen LogP contribution is -1.92. The number of nitrogens with zero attached hydrogens (tertiary/aromatic N) is 3. The minimum Gasteiger partial charge on any atom is -0.398 e. The van der Waals surface area contributed by atoms with Crippen LogP contribution in [0.5, 0.6) is 0 Å². The first-order chi connectivity index (χ1) is 10.0. The van der Waals surface area contributed by atoms with Gasteiger partial charge in [0.2, 0.25) is 5.82 Å². The monoisotopic (exact) mass is 280 g/mol. The SMILES string of the molecule is Cc1cnc(-c2noc(-c3ccc(C)c(N)c3)n2)c(C)c1. The number of aromatic nitrogens is 3. The zero-order chi connectivity index (χ0) is 15.0. The Labute approximate surface area is 122 Å². The van der Waals surface area contributed by atoms with E-state index in [2.05, 4.69) is 15.1 Å². The standard InChI is InChI=1S/C16H16N4O/c1-9-6-11(3)14(18-8-9)15-19-16(21-20-15)12-5-4-10(2)13(17)7-12/h4-8H,17H2,1-3H3. The molecule has 21 heavy (non-hydrogen) atoms. The first-order valence-electron chi connectivity index (χ1n) is 6.68. The van der Waals surface area contributed by atoms with Gasteiger partial charge >= 0.3 is 0 Å². The predicted octanol–water partition coefficient (Wildman–Crippen LogP) is 3.31. The highest BCUT2D eigenvalue weighted by Gasteiger charge is 2.14. The van der Waals surface area contributed by atoms with E-state index in [9.17, 15) is 0 Å². The number of hydrogen-bond donors (Lipinski definition) is 1. The Hall–Kier alpha value is -2.69. The van der Waals surface area contributed by atoms with E-state index in [1.165, 1.54) is 0 Å². The fourth-order valence-electron chi connectivity index (χ4n) is 2.16. The summed E-state index contributed by atoms with van der Waals surface area (Å²) in [6, 6.07) is 7.73. The van der Waals surface area contributed by atoms with Gasteiger partial charge in [0, 0.05) is 17.4 Å². The van der Waals surface area contributed by atoms with Crippen molar-refractivity contribution in [1.82, 2.24) is 15.1 Å². The maximum absolute atomic E-state index is 5.91. The van der Waals surface area contributed by atoms with Crippen LogP contribution in [0.4, 0.5) is 5.69 Å². The van der Waals surface area contributed by atoms with Gasteiger partial charge < -0.3 is 10.3 Å². The number of hydrogen-bond acceptors (Lipinski definition) is 5. The second-order valence-electron chi connectivity index (χ2n) is 5.17. The van der Waals surface area contributed by atoms with Crippen LogP contribution >= 0.6 is 0 Å². The first kappa shape index (κ1) is 13.3. The highest BCUT2D eigenvalue weighted by molar-refractivity contribution is 5.64. The van der Waals surface area contributed by atoms with Crippen molar-refractivity contribution in [2.45, 2.75) is 20.8 Å². The molecule has 0 spiro atoms. The molecule has 3 rings (SSSR count). The molecule has 0 aliphatic carbocycles. The van der Waals surface area contributed by atoms with Crippen LogP contribution in [0.15, 0.2) is 35.0 Å². The lowest BCUT2D eigenvalue weighted by Gasteiger charge is -2.01. The van der Waals surface area contributed by atoms with Crippen LogP contribution in [0.3, 0.4) is 0 Å². The quantitative estimate of drug-likeness (QED) is 0.729. The normalized spacial score (nSPS) is 10.8. The summed E-state index contributed by atoms with van der Waals surface area (Å²) in [7, 11) is 0. The fraction of sp³-hybridized carbons (Fsp3) is 0.188. The molecule has 1 aromatic carbocycles. The van der Waals surface area contributed by atoms with E-state index in [1.807, 2.05) is 45.0 Å². The Morgan fingerprint density at radius 1 is 1.05 bits per heavy atom. The van der Waals surface area contributed by atoms with Crippen LogP contribution in [0.25, 0.3) is 23.0 Å². The summed E-state index contributed by atoms with van der Waals surface area (Å²) in [6.45, 7) is 5.94. The Bertz CT molecular complexity index is 808. The number of benzene rings is 1. The van der Waals surface area contributed by atoms with E-state index < -0.39 is 0 Å². The van der Waals surface area contributed by atoms with Gasteiger partial charge in [0.1, 0.15) is 5.69 Å². The molecule has 106 valence electrons. The molecule has 0 fully saturated rings. The third-order valence-electron chi connectivity index (χ3n) is 3.38. The molecule has 3 aromatic rings. The topological polar surface area (TPSA) is 77.8 Å². The number of nitrogen functional groups attached to an aromatic ring is 1. The fourth-order valence-corrected chi connectivity index (χ4v) is 2.16. The first-order valence-corrected chi connectivity index (χ1v) is 6.68. The van der Waals surface area contributed by atoms with Gasteiger partial charge in [0.25, 0.3) is 5.89 Å². The van der Waals surface area contributed by atoms with Crippen molar-refractivity contribution >= 4 is 5.69 Å². The minimum absolute atomic E-state index is 0.443. The van der Waals surface area contributed by atoms with Crippen LogP contribution in [0.2, 0.25) is 0 Å². The summed E-state index contributed by atoms with van der Waals surface area (Å²) in [5, 5.41) is 4.02. The number of anilines is 1. The summed E-state index contributed by atoms with van der Waals surface area (Å²) < 4.78 is 5.33. The Morgan fingerprint density at radius 3 is 2.57 bits per heavy atom. The van der Waals surface area contributed by atoms with Gasteiger partial charge in [-0.3, -0.25) is 4.98 Å². The number of rotatable bonds is 2. The van der Waals surface area contributed by atoms with Gasteiger partial charge in [-0.2, -0.15) is 4.98 Å². The molecule has 0 radical (unpaired) electrons. The lowest BCUT2D eigenvalue weighted by molar-refractivity contribution is 0.432. The second kappa shape index (κ2) is 5.01. The molecule has 5 heteroatoms. The molecule has 0 saturated carbocycles. The predicted molar refractivity (Wildman–Crippen MR) is 81.6 cm³/mol. The zero-order valence-electron chi connectivity index (χ0n) is 12.2. The van der Waals surface area contributed by atoms with Crippen molar-refractivity contribution in [2.75, 3.05) is 5.73 Å². The lowest BCUT2D eigenvalue weighted by atomic mass is 10.1. The summed E-state index contributed by atoms with van der Waals surface area (Å²) in [5.74, 6) is 0.931. The van der Waals surface area contributed by atoms with E-state index in [1.54, 1.807) is 6.20 Å². The van der Waals surface area contributed by atoms with E-state index >= 15 is 0 Å². The van der Waals surface area contributed by atoms with Crippen LogP contribution in [0.1, 0.15) is 16.7 Å². The largest absolute Gasteiger partial charge is 0.398 e. The van der Waals surface area contributed by atoms with Crippen LogP contribution < -0.4 is 5.73 Å². The van der Waals surface area contributed by atoms with Crippen molar-refractivity contribution in [3.05, 3.63) is 47.2 Å². The van der Waals surface area contributed by atoms with E-state index in [4.69, 9.17) is 10.3 Å². The van der Waals surface area contributed by atoms with Crippen molar-refractivity contribution in [3.8, 4) is 23.0 Å². The van der Waals surface area contributed by atoms with Gasteiger partial charge in [-0.05, 0) is 49.6 Å². The molecular formula is C16H16N4O. The molecule has 0 saturated heterocycles. The average molecular weight is 280 g/mol. The number of aryl methyl sites for hydroxylation is 3. The minimum atomic E-state index is 0.443. The van der Waals surface area contributed by atoms with E-state index in [0.29, 0.717) is 17.4 Å². The van der Waals surface area contributed by atoms with Crippen molar-refractivity contribution < 1.29 is 4.52 Å². The third-order valence-corrected chi connectivity index (χ3v) is 3.38. The summed E-state index contributed by atoms with van der Waals surface area (Å²) in [5.41, 5.74) is 11.3. The second-order valence-corrected chi connectivity index (χ2v) is 5.17. The molecule has 0 aliphatic rings. The molecule has 0 atom stereocenters. The van der Waals surface area contributed by atoms with Gasteiger partial charge in [-0.25, -0.2) is 0 Å². The third kappa shape index (κ3) is 2.50. The molecule has 2 N–H and O–H groups in total. The molecular weight excluding hydrogens is 264 g/mol. The van der Waals surface area contributed by atoms with Gasteiger partial charge in [0.05, 0.1) is 0 Å². The zero-order valence-corrected chi connectivity index (χ0v) is 12.2. The van der Waals surface area contributed by atoms with E-state index in [0.717, 1.165) is 27.9 Å². The van der Waals surface area contributed by atoms with Gasteiger partial charge in [-0.15, -0.1) is 0 Å². The van der Waals surface area contributed by atoms with E-state index in [-0.39, 0.29) is 0 Å². The molecule has 0 unspecified atom stereocenters. The van der Waals surface area contributed by atoms with Crippen molar-refractivity contribution in [1.29, 1.82) is 0 Å². The molecule has 0 bridgehead atoms. The van der Waals surface area contributed by atoms with Crippen LogP contribution in [0, 0.1) is 20.8 Å². The molecule has 5 nitrogen and oxygen atoms in total. The summed E-state index contributed by atoms with van der Waals surface area (Å²) in [4.78, 5) is 8.79. The van der Waals surface area contributed by atoms with Crippen molar-refractivity contribution in [3.63, 3.8) is 0 Å². The number of pyridine rings is 1. The Balaban J connectivity index is 2.01. The van der Waals surface area contributed by atoms with Crippen molar-refractivity contribution in [2.24, 2.45) is 0 Å². The molecule has 0 amide bonds. The van der Waals surface area contributed by atoms with Gasteiger partial charge in [-0.1, -0.05) is 17.3 Å². The molecule has 2 heterocycles. The number of nitrogens with two attached hydrogens (primary N) is 1. The molecule has 2 aromatic heterocycles. The summed E-state index contributed by atoms with van der Waals surface area (Å²) >= 11 is 0. The maximum atomic E-state index is 5.91. The summed E-state index contributed by atoms with van der Waals surface area (Å²) in [6.07, 6.45) is 1.79. The van der Waals surface area contributed by atoms with Gasteiger partial charge in [0.15, 0.2) is 0 Å². The smallest absolute Gasteiger partial charge is 0.258 e. The van der Waals surface area contributed by atoms with Crippen LogP contribution in [-0.2, 0) is 0 Å². The average Bonchev–Trinajstić information content (AvgIpc) is 2.91. The highest BCUT2D eigenvalue weighted by atomic mass is 16.5. The Kier molecular flexibility index (Phi) is 3.17. The maximum Gasteiger partial charge on any atom is 0.258 e. The Morgan fingerprint density at radius 2 is 1.86 bits per heavy atom. The highest BCUT2D eigenvalue weighted by Crippen LogP contribution is 2.25.